The fourth-order valence-electron chi connectivity index (χ4n) is 8.91. The normalized spacial score (nSPS) is 40.6. The van der Waals surface area contributed by atoms with Gasteiger partial charge in [0.05, 0.1) is 10.8 Å². The van der Waals surface area contributed by atoms with Gasteiger partial charge >= 0.3 is 0 Å². The van der Waals surface area contributed by atoms with Crippen molar-refractivity contribution in [3.05, 3.63) is 0 Å². The number of Topliss-reactive ketones (excluding diaryl/α,β-unsaturated/α-hetero) is 1. The van der Waals surface area contributed by atoms with Gasteiger partial charge in [0.15, 0.2) is 5.78 Å². The van der Waals surface area contributed by atoms with E-state index >= 15 is 4.39 Å². The molecule has 1 nitrogen and oxygen atoms in total. The van der Waals surface area contributed by atoms with Crippen molar-refractivity contribution < 1.29 is 9.18 Å². The van der Waals surface area contributed by atoms with Crippen LogP contribution in [0.25, 0.3) is 0 Å². The molecule has 4 aliphatic rings. The van der Waals surface area contributed by atoms with Crippen LogP contribution in [0.5, 0.6) is 0 Å². The Morgan fingerprint density at radius 3 is 1.53 bits per heavy atom. The number of halogens is 1. The van der Waals surface area contributed by atoms with Crippen molar-refractivity contribution in [2.24, 2.45) is 34.5 Å². The molecule has 2 spiro atoms. The standard InChI is InChI=1S/C32H55FO/c1-3-5-7-9-11-25-13-15-27(16-14-25)28-19-23-32(24-20-28)29(33)31(30(32)34)21-17-26(18-22-31)12-10-8-6-4-2/h25-29H,3-24H2,1-2H3/t25?,26?,27?,28?,29-,31-,32-/m1/s1. The van der Waals surface area contributed by atoms with Crippen LogP contribution in [0.4, 0.5) is 4.39 Å². The van der Waals surface area contributed by atoms with Crippen molar-refractivity contribution in [2.45, 2.75) is 161 Å². The monoisotopic (exact) mass is 474 g/mol. The van der Waals surface area contributed by atoms with Crippen LogP contribution in [0.15, 0.2) is 0 Å². The lowest BCUT2D eigenvalue weighted by Crippen LogP contribution is -2.69. The Bertz CT molecular complexity index is 617. The number of carbonyl (C=O) groups excluding carboxylic acids is 1. The summed E-state index contributed by atoms with van der Waals surface area (Å²) < 4.78 is 15.9. The lowest BCUT2D eigenvalue weighted by atomic mass is 9.41. The van der Waals surface area contributed by atoms with Crippen LogP contribution in [0, 0.1) is 34.5 Å². The maximum absolute atomic E-state index is 15.9. The van der Waals surface area contributed by atoms with Crippen LogP contribution in [-0.2, 0) is 4.79 Å². The molecular weight excluding hydrogens is 419 g/mol. The van der Waals surface area contributed by atoms with Crippen molar-refractivity contribution >= 4 is 5.78 Å². The Balaban J connectivity index is 1.18. The highest BCUT2D eigenvalue weighted by Crippen LogP contribution is 2.66. The van der Waals surface area contributed by atoms with E-state index < -0.39 is 17.0 Å². The van der Waals surface area contributed by atoms with Gasteiger partial charge in [0.25, 0.3) is 0 Å². The Morgan fingerprint density at radius 2 is 1.06 bits per heavy atom. The topological polar surface area (TPSA) is 17.1 Å². The fourth-order valence-corrected chi connectivity index (χ4v) is 8.91. The van der Waals surface area contributed by atoms with E-state index in [9.17, 15) is 4.79 Å². The quantitative estimate of drug-likeness (QED) is 0.272. The molecule has 2 heteroatoms. The summed E-state index contributed by atoms with van der Waals surface area (Å²) in [6.45, 7) is 4.56. The van der Waals surface area contributed by atoms with E-state index in [1.54, 1.807) is 0 Å². The summed E-state index contributed by atoms with van der Waals surface area (Å²) in [7, 11) is 0. The van der Waals surface area contributed by atoms with Gasteiger partial charge in [-0.15, -0.1) is 0 Å². The summed E-state index contributed by atoms with van der Waals surface area (Å²) >= 11 is 0. The fraction of sp³-hybridized carbons (Fsp3) is 0.969. The first-order valence-corrected chi connectivity index (χ1v) is 15.7. The molecule has 34 heavy (non-hydrogen) atoms. The third-order valence-electron chi connectivity index (χ3n) is 11.3. The molecule has 4 fully saturated rings. The second kappa shape index (κ2) is 12.2. The molecule has 0 bridgehead atoms. The SMILES string of the molecule is CCCCCCC1CCC(C2CC[C@]3(CC2)C(=O)[C@@]2(CCC(CCCCCC)CC2)[C@H]3F)CC1. The van der Waals surface area contributed by atoms with E-state index in [-0.39, 0.29) is 0 Å². The number of ketones is 1. The summed E-state index contributed by atoms with van der Waals surface area (Å²) in [6.07, 6.45) is 26.2. The Hall–Kier alpha value is -0.400. The number of hydrogen-bond acceptors (Lipinski definition) is 1. The minimum Gasteiger partial charge on any atom is -0.298 e. The number of unbranched alkanes of at least 4 members (excludes halogenated alkanes) is 6. The predicted molar refractivity (Wildman–Crippen MR) is 142 cm³/mol. The first-order valence-electron chi connectivity index (χ1n) is 15.7. The molecule has 0 unspecified atom stereocenters. The van der Waals surface area contributed by atoms with Crippen molar-refractivity contribution in [3.63, 3.8) is 0 Å². The highest BCUT2D eigenvalue weighted by atomic mass is 19.1. The number of rotatable bonds is 11. The summed E-state index contributed by atoms with van der Waals surface area (Å²) in [6, 6.07) is 0. The van der Waals surface area contributed by atoms with Gasteiger partial charge in [-0.25, -0.2) is 4.39 Å². The summed E-state index contributed by atoms with van der Waals surface area (Å²) in [5, 5.41) is 0. The van der Waals surface area contributed by atoms with Crippen LogP contribution < -0.4 is 0 Å². The third-order valence-corrected chi connectivity index (χ3v) is 11.3. The molecule has 0 saturated heterocycles. The van der Waals surface area contributed by atoms with Crippen LogP contribution >= 0.6 is 0 Å². The van der Waals surface area contributed by atoms with Gasteiger partial charge in [0.1, 0.15) is 6.17 Å². The predicted octanol–water partition coefficient (Wildman–Crippen LogP) is 10.0. The molecule has 196 valence electrons. The summed E-state index contributed by atoms with van der Waals surface area (Å²) in [5.41, 5.74) is -1.14. The van der Waals surface area contributed by atoms with Gasteiger partial charge in [0.2, 0.25) is 0 Å². The Morgan fingerprint density at radius 1 is 0.618 bits per heavy atom. The maximum Gasteiger partial charge on any atom is 0.151 e. The molecule has 4 aliphatic carbocycles. The first kappa shape index (κ1) is 26.7. The number of hydrogen-bond donors (Lipinski definition) is 0. The van der Waals surface area contributed by atoms with E-state index in [2.05, 4.69) is 13.8 Å². The largest absolute Gasteiger partial charge is 0.298 e. The molecule has 0 aromatic carbocycles. The maximum atomic E-state index is 15.9. The van der Waals surface area contributed by atoms with Crippen molar-refractivity contribution in [2.75, 3.05) is 0 Å². The molecule has 0 amide bonds. The third kappa shape index (κ3) is 5.46. The van der Waals surface area contributed by atoms with E-state index in [0.29, 0.717) is 5.78 Å². The zero-order valence-corrected chi connectivity index (χ0v) is 22.7. The van der Waals surface area contributed by atoms with Crippen LogP contribution in [0.1, 0.15) is 155 Å². The smallest absolute Gasteiger partial charge is 0.151 e. The minimum absolute atomic E-state index is 0.367. The first-order chi connectivity index (χ1) is 16.6. The minimum atomic E-state index is -0.839. The van der Waals surface area contributed by atoms with E-state index in [1.165, 1.54) is 89.9 Å². The zero-order valence-electron chi connectivity index (χ0n) is 22.7. The molecule has 0 radical (unpaired) electrons. The molecule has 0 aromatic rings. The van der Waals surface area contributed by atoms with Gasteiger partial charge < -0.3 is 0 Å². The lowest BCUT2D eigenvalue weighted by molar-refractivity contribution is -0.194. The second-order valence-electron chi connectivity index (χ2n) is 13.3. The molecule has 4 rings (SSSR count). The number of carbonyl (C=O) groups is 1. The van der Waals surface area contributed by atoms with Gasteiger partial charge in [-0.3, -0.25) is 4.79 Å². The van der Waals surface area contributed by atoms with Crippen molar-refractivity contribution in [1.82, 2.24) is 0 Å². The van der Waals surface area contributed by atoms with Crippen LogP contribution in [0.3, 0.4) is 0 Å². The highest BCUT2D eigenvalue weighted by molar-refractivity contribution is 5.98. The second-order valence-corrected chi connectivity index (χ2v) is 13.3. The van der Waals surface area contributed by atoms with Crippen molar-refractivity contribution in [3.8, 4) is 0 Å². The van der Waals surface area contributed by atoms with Gasteiger partial charge in [0, 0.05) is 0 Å². The van der Waals surface area contributed by atoms with Gasteiger partial charge in [-0.1, -0.05) is 90.9 Å². The molecule has 0 aromatic heterocycles. The zero-order chi connectivity index (χ0) is 24.0. The highest BCUT2D eigenvalue weighted by Gasteiger charge is 2.71. The average Bonchev–Trinajstić information content (AvgIpc) is 2.89. The molecule has 4 saturated carbocycles. The van der Waals surface area contributed by atoms with Gasteiger partial charge in [-0.2, -0.15) is 0 Å². The number of alkyl halides is 1. The molecule has 0 heterocycles. The molecule has 0 aliphatic heterocycles. The molecule has 1 atom stereocenters. The van der Waals surface area contributed by atoms with Crippen LogP contribution in [0.2, 0.25) is 0 Å². The van der Waals surface area contributed by atoms with E-state index in [1.807, 2.05) is 0 Å². The Kier molecular flexibility index (Phi) is 9.59. The molecule has 0 N–H and O–H groups in total. The van der Waals surface area contributed by atoms with Crippen molar-refractivity contribution in [1.29, 1.82) is 0 Å². The summed E-state index contributed by atoms with van der Waals surface area (Å²) in [4.78, 5) is 13.6. The average molecular weight is 475 g/mol. The lowest BCUT2D eigenvalue weighted by Gasteiger charge is -2.61. The van der Waals surface area contributed by atoms with Gasteiger partial charge in [-0.05, 0) is 87.9 Å². The van der Waals surface area contributed by atoms with E-state index in [4.69, 9.17) is 0 Å². The Labute approximate surface area is 210 Å². The van der Waals surface area contributed by atoms with E-state index in [0.717, 1.165) is 75.0 Å². The summed E-state index contributed by atoms with van der Waals surface area (Å²) in [5.74, 6) is 3.70. The van der Waals surface area contributed by atoms with Crippen LogP contribution in [-0.4, -0.2) is 12.0 Å². The molecular formula is C32H55FO.